The molecule has 1 aromatic carbocycles. The number of methoxy groups -OCH3 is 1. The number of nitrogens with zero attached hydrogens (tertiary/aromatic N) is 3. The van der Waals surface area contributed by atoms with Crippen molar-refractivity contribution in [3.05, 3.63) is 77.6 Å². The fourth-order valence-corrected chi connectivity index (χ4v) is 2.94. The number of aromatic nitrogens is 2. The molecule has 0 amide bonds. The molecule has 0 spiro atoms. The van der Waals surface area contributed by atoms with Gasteiger partial charge in [0.2, 0.25) is 5.88 Å². The molecule has 3 aromatic rings. The number of benzene rings is 1. The molecule has 0 bridgehead atoms. The topological polar surface area (TPSA) is 107 Å². The average Bonchev–Trinajstić information content (AvgIpc) is 3.19. The molecule has 0 aliphatic heterocycles. The van der Waals surface area contributed by atoms with Crippen LogP contribution in [0.15, 0.2) is 76.5 Å². The Kier molecular flexibility index (Phi) is 6.43. The number of hydrogen-bond acceptors (Lipinski definition) is 6. The van der Waals surface area contributed by atoms with E-state index in [1.165, 1.54) is 19.4 Å². The smallest absolute Gasteiger partial charge is 0.224 e. The van der Waals surface area contributed by atoms with Gasteiger partial charge in [-0.05, 0) is 24.3 Å². The summed E-state index contributed by atoms with van der Waals surface area (Å²) in [7, 11) is 1.50. The molecule has 29 heavy (non-hydrogen) atoms. The van der Waals surface area contributed by atoms with E-state index < -0.39 is 6.10 Å². The minimum atomic E-state index is -1.15. The summed E-state index contributed by atoms with van der Waals surface area (Å²) in [6, 6.07) is 10.5. The van der Waals surface area contributed by atoms with Gasteiger partial charge in [-0.25, -0.2) is 9.98 Å². The molecule has 1 atom stereocenters. The fourth-order valence-electron chi connectivity index (χ4n) is 2.82. The lowest BCUT2D eigenvalue weighted by atomic mass is 9.94. The first-order valence-electron chi connectivity index (χ1n) is 8.59. The molecule has 1 unspecified atom stereocenters. The molecular formula is C21H19ClN4O3. The largest absolute Gasteiger partial charge is 0.480 e. The first-order valence-corrected chi connectivity index (χ1v) is 8.97. The molecule has 0 aliphatic rings. The normalized spacial score (nSPS) is 12.9. The number of hydrogen-bond donors (Lipinski definition) is 2. The van der Waals surface area contributed by atoms with E-state index in [9.17, 15) is 5.11 Å². The van der Waals surface area contributed by atoms with E-state index in [-0.39, 0.29) is 0 Å². The number of halogens is 1. The lowest BCUT2D eigenvalue weighted by molar-refractivity contribution is 0.219. The second-order valence-corrected chi connectivity index (χ2v) is 6.31. The van der Waals surface area contributed by atoms with E-state index in [0.29, 0.717) is 44.6 Å². The third-order valence-electron chi connectivity index (χ3n) is 4.19. The van der Waals surface area contributed by atoms with Gasteiger partial charge >= 0.3 is 0 Å². The van der Waals surface area contributed by atoms with Gasteiger partial charge in [0.25, 0.3) is 0 Å². The zero-order valence-corrected chi connectivity index (χ0v) is 16.4. The highest BCUT2D eigenvalue weighted by Crippen LogP contribution is 2.41. The van der Waals surface area contributed by atoms with Gasteiger partial charge in [-0.2, -0.15) is 0 Å². The second-order valence-electron chi connectivity index (χ2n) is 5.88. The first-order chi connectivity index (χ1) is 14.1. The van der Waals surface area contributed by atoms with E-state index in [2.05, 4.69) is 21.7 Å². The SMILES string of the molecule is C=C/C(=C\N=C/N)C(O)c1c(-c2ccc(Cl)cc2)noc1-c1cccnc1OC. The van der Waals surface area contributed by atoms with Crippen molar-refractivity contribution in [3.8, 4) is 28.5 Å². The monoisotopic (exact) mass is 410 g/mol. The van der Waals surface area contributed by atoms with Crippen molar-refractivity contribution in [2.24, 2.45) is 10.7 Å². The summed E-state index contributed by atoms with van der Waals surface area (Å²) in [4.78, 5) is 8.08. The van der Waals surface area contributed by atoms with E-state index >= 15 is 0 Å². The minimum Gasteiger partial charge on any atom is -0.480 e. The van der Waals surface area contributed by atoms with Gasteiger partial charge in [0, 0.05) is 28.6 Å². The Labute approximate surface area is 172 Å². The number of aliphatic hydroxyl groups is 1. The lowest BCUT2D eigenvalue weighted by Gasteiger charge is -2.14. The highest BCUT2D eigenvalue weighted by Gasteiger charge is 2.28. The Bertz CT molecular complexity index is 1060. The summed E-state index contributed by atoms with van der Waals surface area (Å²) in [5.74, 6) is 0.653. The van der Waals surface area contributed by atoms with Crippen molar-refractivity contribution >= 4 is 17.9 Å². The first kappa shape index (κ1) is 20.3. The number of ether oxygens (including phenoxy) is 1. The van der Waals surface area contributed by atoms with Gasteiger partial charge < -0.3 is 20.1 Å². The van der Waals surface area contributed by atoms with E-state index in [0.717, 1.165) is 6.34 Å². The molecular weight excluding hydrogens is 392 g/mol. The minimum absolute atomic E-state index is 0.317. The number of pyridine rings is 1. The van der Waals surface area contributed by atoms with Crippen molar-refractivity contribution in [1.82, 2.24) is 10.1 Å². The highest BCUT2D eigenvalue weighted by molar-refractivity contribution is 6.30. The Balaban J connectivity index is 2.25. The van der Waals surface area contributed by atoms with Crippen LogP contribution in [0, 0.1) is 0 Å². The van der Waals surface area contributed by atoms with Crippen LogP contribution in [0.3, 0.4) is 0 Å². The van der Waals surface area contributed by atoms with Gasteiger partial charge in [0.05, 0.1) is 24.6 Å². The van der Waals surface area contributed by atoms with Crippen LogP contribution in [-0.4, -0.2) is 28.7 Å². The van der Waals surface area contributed by atoms with Crippen molar-refractivity contribution in [3.63, 3.8) is 0 Å². The van der Waals surface area contributed by atoms with Crippen LogP contribution in [0.1, 0.15) is 11.7 Å². The quantitative estimate of drug-likeness (QED) is 0.344. The Morgan fingerprint density at radius 2 is 2.10 bits per heavy atom. The molecule has 0 saturated heterocycles. The van der Waals surface area contributed by atoms with Crippen LogP contribution in [0.5, 0.6) is 5.88 Å². The molecule has 2 heterocycles. The van der Waals surface area contributed by atoms with Gasteiger partial charge in [-0.3, -0.25) is 0 Å². The van der Waals surface area contributed by atoms with Gasteiger partial charge in [0.1, 0.15) is 11.8 Å². The fraction of sp³-hybridized carbons (Fsp3) is 0.0952. The molecule has 7 nitrogen and oxygen atoms in total. The molecule has 3 rings (SSSR count). The highest BCUT2D eigenvalue weighted by atomic mass is 35.5. The zero-order valence-electron chi connectivity index (χ0n) is 15.6. The van der Waals surface area contributed by atoms with Crippen LogP contribution in [0.4, 0.5) is 0 Å². The van der Waals surface area contributed by atoms with Crippen molar-refractivity contribution in [1.29, 1.82) is 0 Å². The number of rotatable bonds is 7. The summed E-state index contributed by atoms with van der Waals surface area (Å²) >= 11 is 6.00. The molecule has 148 valence electrons. The third-order valence-corrected chi connectivity index (χ3v) is 4.44. The van der Waals surface area contributed by atoms with Crippen LogP contribution in [0.2, 0.25) is 5.02 Å². The maximum Gasteiger partial charge on any atom is 0.224 e. The van der Waals surface area contributed by atoms with Gasteiger partial charge in [-0.1, -0.05) is 41.5 Å². The third kappa shape index (κ3) is 4.21. The Morgan fingerprint density at radius 3 is 2.76 bits per heavy atom. The predicted molar refractivity (Wildman–Crippen MR) is 113 cm³/mol. The lowest BCUT2D eigenvalue weighted by Crippen LogP contribution is -2.03. The van der Waals surface area contributed by atoms with Crippen molar-refractivity contribution in [2.45, 2.75) is 6.10 Å². The number of nitrogens with two attached hydrogens (primary N) is 1. The Morgan fingerprint density at radius 1 is 1.34 bits per heavy atom. The van der Waals surface area contributed by atoms with Gasteiger partial charge in [0.15, 0.2) is 5.76 Å². The summed E-state index contributed by atoms with van der Waals surface area (Å²) < 4.78 is 11.0. The zero-order chi connectivity index (χ0) is 20.8. The van der Waals surface area contributed by atoms with Crippen LogP contribution in [-0.2, 0) is 0 Å². The molecule has 2 aromatic heterocycles. The maximum absolute atomic E-state index is 11.2. The summed E-state index contributed by atoms with van der Waals surface area (Å²) in [5.41, 5.74) is 7.85. The molecule has 3 N–H and O–H groups in total. The predicted octanol–water partition coefficient (Wildman–Crippen LogP) is 4.16. The summed E-state index contributed by atoms with van der Waals surface area (Å²) in [6.07, 6.45) is 4.48. The Hall–Kier alpha value is -3.42. The van der Waals surface area contributed by atoms with Crippen LogP contribution >= 0.6 is 11.6 Å². The number of aliphatic imine (C=N–C) groups is 1. The second kappa shape index (κ2) is 9.18. The number of aliphatic hydroxyl groups excluding tert-OH is 1. The molecule has 0 aliphatic carbocycles. The van der Waals surface area contributed by atoms with Gasteiger partial charge in [-0.15, -0.1) is 0 Å². The molecule has 0 fully saturated rings. The van der Waals surface area contributed by atoms with E-state index in [1.54, 1.807) is 42.6 Å². The maximum atomic E-state index is 11.2. The molecule has 0 saturated carbocycles. The molecule has 0 radical (unpaired) electrons. The van der Waals surface area contributed by atoms with Crippen molar-refractivity contribution in [2.75, 3.05) is 7.11 Å². The summed E-state index contributed by atoms with van der Waals surface area (Å²) in [6.45, 7) is 3.75. The van der Waals surface area contributed by atoms with Crippen LogP contribution < -0.4 is 10.5 Å². The average molecular weight is 411 g/mol. The molecule has 8 heteroatoms. The van der Waals surface area contributed by atoms with Crippen molar-refractivity contribution < 1.29 is 14.4 Å². The van der Waals surface area contributed by atoms with E-state index in [4.69, 9.17) is 26.6 Å². The standard InChI is InChI=1S/C21H19ClN4O3/c1-3-13(11-24-12-23)19(27)17-18(14-6-8-15(22)9-7-14)26-29-20(17)16-5-4-10-25-21(16)28-2/h3-12,19,27H,1H2,2H3,(H2,23,24)/b13-11+. The summed E-state index contributed by atoms with van der Waals surface area (Å²) in [5, 5.41) is 15.9. The van der Waals surface area contributed by atoms with E-state index in [1.807, 2.05) is 0 Å². The van der Waals surface area contributed by atoms with Crippen LogP contribution in [0.25, 0.3) is 22.6 Å².